The Labute approximate surface area is 370 Å². The minimum atomic E-state index is -4.59. The first-order chi connectivity index (χ1) is 26.8. The Balaban J connectivity index is 0.000000387. The maximum atomic E-state index is 11.8. The first-order valence-electron chi connectivity index (χ1n) is 19.9. The summed E-state index contributed by atoms with van der Waals surface area (Å²) in [4.78, 5) is -0.333. The molecular weight excluding hydrogens is 793 g/mol. The van der Waals surface area contributed by atoms with Crippen LogP contribution in [0.25, 0.3) is 0 Å². The monoisotopic (exact) mass is 850 g/mol. The van der Waals surface area contributed by atoms with Gasteiger partial charge in [-0.15, -0.1) is 5.75 Å². The van der Waals surface area contributed by atoms with Gasteiger partial charge in [-0.05, 0) is 91.4 Å². The summed E-state index contributed by atoms with van der Waals surface area (Å²) in [7, 11) is -8.93. The van der Waals surface area contributed by atoms with Crippen molar-refractivity contribution in [3.8, 4) is 34.5 Å². The fraction of sp³-hybridized carbons (Fsp3) is 0.455. The van der Waals surface area contributed by atoms with Crippen LogP contribution in [0.2, 0.25) is 0 Å². The van der Waals surface area contributed by atoms with Crippen molar-refractivity contribution in [2.75, 3.05) is 0 Å². The van der Waals surface area contributed by atoms with Gasteiger partial charge in [0.25, 0.3) is 10.1 Å². The van der Waals surface area contributed by atoms with Gasteiger partial charge in [0.05, 0.1) is 4.90 Å². The standard InChI is InChI=1S/2C22H30O5S.Ca/c2*1-2-3-4-5-6-7-8-9-10-18-11-14-21(17-22(18)28(24,25)26)27-20-15-12-19(23)13-16-20;/h2*11-17,23H,2-10H2,1H3,(H,24,25,26);/q;;+2/p-2. The summed E-state index contributed by atoms with van der Waals surface area (Å²) < 4.78 is 79.5. The number of phenolic OH excluding ortho intramolecular Hbond substituents is 1. The van der Waals surface area contributed by atoms with Crippen molar-refractivity contribution in [2.45, 2.75) is 139 Å². The van der Waals surface area contributed by atoms with Crippen molar-refractivity contribution in [1.29, 1.82) is 0 Å². The number of ether oxygens (including phenoxy) is 2. The molecule has 57 heavy (non-hydrogen) atoms. The maximum Gasteiger partial charge on any atom is 2.00 e. The van der Waals surface area contributed by atoms with Gasteiger partial charge < -0.3 is 24.2 Å². The molecule has 0 amide bonds. The number of hydrogen-bond donors (Lipinski definition) is 2. The molecule has 0 saturated carbocycles. The molecule has 4 aromatic carbocycles. The predicted octanol–water partition coefficient (Wildman–Crippen LogP) is 10.9. The molecule has 0 fully saturated rings. The summed E-state index contributed by atoms with van der Waals surface area (Å²) in [5, 5.41) is 20.5. The van der Waals surface area contributed by atoms with Crippen LogP contribution in [0.4, 0.5) is 0 Å². The Kier molecular flexibility index (Phi) is 23.8. The van der Waals surface area contributed by atoms with Crippen LogP contribution in [0.1, 0.15) is 128 Å². The molecule has 0 atom stereocenters. The fourth-order valence-electron chi connectivity index (χ4n) is 6.28. The van der Waals surface area contributed by atoms with E-state index in [2.05, 4.69) is 13.8 Å². The van der Waals surface area contributed by atoms with Gasteiger partial charge >= 0.3 is 37.7 Å². The zero-order valence-electron chi connectivity index (χ0n) is 33.5. The Bertz CT molecular complexity index is 1810. The number of rotatable bonds is 24. The van der Waals surface area contributed by atoms with Crippen molar-refractivity contribution >= 4 is 58.0 Å². The van der Waals surface area contributed by atoms with Gasteiger partial charge in [-0.2, -0.15) is 8.42 Å². The average Bonchev–Trinajstić information content (AvgIpc) is 3.16. The third-order valence-electron chi connectivity index (χ3n) is 9.36. The van der Waals surface area contributed by atoms with Gasteiger partial charge in [0.1, 0.15) is 43.8 Å². The van der Waals surface area contributed by atoms with E-state index >= 15 is 0 Å². The molecule has 4 aromatic rings. The molecule has 308 valence electrons. The molecule has 0 bridgehead atoms. The van der Waals surface area contributed by atoms with Crippen LogP contribution in [0.5, 0.6) is 34.5 Å². The van der Waals surface area contributed by atoms with Crippen molar-refractivity contribution in [1.82, 2.24) is 0 Å². The minimum Gasteiger partial charge on any atom is -0.872 e. The van der Waals surface area contributed by atoms with E-state index in [0.29, 0.717) is 41.2 Å². The SMILES string of the molecule is CCCCCCCCCCc1ccc(Oc2ccc(O)cc2)cc1S(=O)(=O)O.CCCCCCCCCCc1ccc(Oc2ccc([O-])cc2)cc1S(=O)(=O)[O-].[Ca+2]. The molecule has 0 aromatic heterocycles. The molecular formula is C44H58CaO10S2. The van der Waals surface area contributed by atoms with E-state index in [1.54, 1.807) is 36.4 Å². The van der Waals surface area contributed by atoms with Gasteiger partial charge in [-0.1, -0.05) is 128 Å². The van der Waals surface area contributed by atoms with Crippen molar-refractivity contribution in [2.24, 2.45) is 0 Å². The second kappa shape index (κ2) is 27.0. The summed E-state index contributed by atoms with van der Waals surface area (Å²) in [5.41, 5.74) is 1.13. The second-order valence-electron chi connectivity index (χ2n) is 14.1. The van der Waals surface area contributed by atoms with Crippen LogP contribution < -0.4 is 14.6 Å². The quantitative estimate of drug-likeness (QED) is 0.0392. The Hall–Kier alpha value is -2.84. The van der Waals surface area contributed by atoms with Crippen LogP contribution in [0, 0.1) is 0 Å². The number of unbranched alkanes of at least 4 members (excludes halogenated alkanes) is 14. The first-order valence-corrected chi connectivity index (χ1v) is 22.8. The van der Waals surface area contributed by atoms with E-state index in [0.717, 1.165) is 38.5 Å². The summed E-state index contributed by atoms with van der Waals surface area (Å²) in [5.74, 6) is 1.42. The summed E-state index contributed by atoms with van der Waals surface area (Å²) >= 11 is 0. The Morgan fingerprint density at radius 3 is 1.26 bits per heavy atom. The van der Waals surface area contributed by atoms with Crippen LogP contribution in [-0.2, 0) is 33.1 Å². The molecule has 0 spiro atoms. The van der Waals surface area contributed by atoms with Crippen molar-refractivity contribution < 1.29 is 45.6 Å². The second-order valence-corrected chi connectivity index (χ2v) is 16.8. The zero-order chi connectivity index (χ0) is 40.8. The number of hydrogen-bond acceptors (Lipinski definition) is 9. The van der Waals surface area contributed by atoms with E-state index in [-0.39, 0.29) is 64.8 Å². The Morgan fingerprint density at radius 1 is 0.509 bits per heavy atom. The number of aromatic hydroxyl groups is 1. The van der Waals surface area contributed by atoms with Crippen LogP contribution in [0.3, 0.4) is 0 Å². The van der Waals surface area contributed by atoms with Gasteiger partial charge in [0.15, 0.2) is 0 Å². The van der Waals surface area contributed by atoms with E-state index < -0.39 is 20.2 Å². The average molecular weight is 851 g/mol. The third kappa shape index (κ3) is 20.1. The van der Waals surface area contributed by atoms with Crippen molar-refractivity contribution in [3.63, 3.8) is 0 Å². The first kappa shape index (κ1) is 50.3. The van der Waals surface area contributed by atoms with E-state index in [1.807, 2.05) is 0 Å². The van der Waals surface area contributed by atoms with Crippen LogP contribution in [-0.4, -0.2) is 68.8 Å². The van der Waals surface area contributed by atoms with E-state index in [4.69, 9.17) is 9.47 Å². The van der Waals surface area contributed by atoms with Crippen molar-refractivity contribution in [3.05, 3.63) is 96.1 Å². The van der Waals surface area contributed by atoms with Gasteiger partial charge in [-0.3, -0.25) is 4.55 Å². The molecule has 0 saturated heterocycles. The molecule has 4 rings (SSSR count). The number of aryl methyl sites for hydroxylation is 2. The predicted molar refractivity (Wildman–Crippen MR) is 223 cm³/mol. The van der Waals surface area contributed by atoms with Crippen LogP contribution in [0.15, 0.2) is 94.7 Å². The molecule has 2 N–H and O–H groups in total. The molecule has 0 aliphatic heterocycles. The van der Waals surface area contributed by atoms with Gasteiger partial charge in [0, 0.05) is 6.07 Å². The normalized spacial score (nSPS) is 11.3. The molecule has 10 nitrogen and oxygen atoms in total. The van der Waals surface area contributed by atoms with Crippen LogP contribution >= 0.6 is 0 Å². The molecule has 13 heteroatoms. The zero-order valence-corrected chi connectivity index (χ0v) is 37.3. The number of benzene rings is 4. The largest absolute Gasteiger partial charge is 2.00 e. The number of phenols is 1. The molecule has 0 heterocycles. The Morgan fingerprint density at radius 2 is 0.860 bits per heavy atom. The molecule has 0 aliphatic rings. The van der Waals surface area contributed by atoms with Gasteiger partial charge in [0.2, 0.25) is 0 Å². The molecule has 0 aliphatic carbocycles. The summed E-state index contributed by atoms with van der Waals surface area (Å²) in [6.07, 6.45) is 19.7. The smallest absolute Gasteiger partial charge is 0.872 e. The minimum absolute atomic E-state index is 0. The summed E-state index contributed by atoms with van der Waals surface area (Å²) in [6.45, 7) is 4.40. The third-order valence-corrected chi connectivity index (χ3v) is 11.2. The van der Waals surface area contributed by atoms with Gasteiger partial charge in [-0.25, -0.2) is 8.42 Å². The summed E-state index contributed by atoms with van der Waals surface area (Å²) in [6, 6.07) is 21.2. The molecule has 0 radical (unpaired) electrons. The topological polar surface area (TPSA) is 173 Å². The molecule has 0 unspecified atom stereocenters. The maximum absolute atomic E-state index is 11.8. The fourth-order valence-corrected chi connectivity index (χ4v) is 7.79. The van der Waals surface area contributed by atoms with E-state index in [9.17, 15) is 36.2 Å². The van der Waals surface area contributed by atoms with E-state index in [1.165, 1.54) is 113 Å².